The van der Waals surface area contributed by atoms with E-state index >= 15 is 0 Å². The average Bonchev–Trinajstić information content (AvgIpc) is 2.86. The normalized spacial score (nSPS) is 10.1. The number of hydrogen-bond donors (Lipinski definition) is 1. The van der Waals surface area contributed by atoms with Crippen LogP contribution in [0.15, 0.2) is 43.5 Å². The molecule has 0 aliphatic carbocycles. The Bertz CT molecular complexity index is 595. The van der Waals surface area contributed by atoms with Crippen molar-refractivity contribution in [2.45, 2.75) is 0 Å². The van der Waals surface area contributed by atoms with Crippen molar-refractivity contribution in [1.29, 1.82) is 0 Å². The monoisotopic (exact) mass is 290 g/mol. The lowest BCUT2D eigenvalue weighted by Crippen LogP contribution is -2.34. The van der Waals surface area contributed by atoms with Gasteiger partial charge in [0.15, 0.2) is 5.11 Å². The molecule has 0 saturated carbocycles. The Labute approximate surface area is 121 Å². The fourth-order valence-corrected chi connectivity index (χ4v) is 2.42. The highest BCUT2D eigenvalue weighted by molar-refractivity contribution is 7.80. The first kappa shape index (κ1) is 13.6. The Morgan fingerprint density at radius 1 is 1.37 bits per heavy atom. The van der Waals surface area contributed by atoms with Crippen LogP contribution >= 0.6 is 23.8 Å². The highest BCUT2D eigenvalue weighted by Crippen LogP contribution is 2.20. The van der Waals surface area contributed by atoms with Crippen LogP contribution in [0.1, 0.15) is 0 Å². The maximum atomic E-state index is 5.38. The van der Waals surface area contributed by atoms with Gasteiger partial charge in [0.25, 0.3) is 0 Å². The summed E-state index contributed by atoms with van der Waals surface area (Å²) in [6, 6.07) is 5.88. The molecule has 0 aliphatic rings. The highest BCUT2D eigenvalue weighted by atomic mass is 32.1. The molecule has 0 fully saturated rings. The van der Waals surface area contributed by atoms with E-state index in [1.165, 1.54) is 11.5 Å². The minimum Gasteiger partial charge on any atom is -0.342 e. The third kappa shape index (κ3) is 3.36. The number of nitrogens with zero attached hydrogens (tertiary/aromatic N) is 3. The van der Waals surface area contributed by atoms with Crippen LogP contribution < -0.4 is 5.32 Å². The smallest absolute Gasteiger partial charge is 0.173 e. The van der Waals surface area contributed by atoms with E-state index in [2.05, 4.69) is 28.1 Å². The summed E-state index contributed by atoms with van der Waals surface area (Å²) < 4.78 is 4.97. The van der Waals surface area contributed by atoms with E-state index in [1.54, 1.807) is 0 Å². The summed E-state index contributed by atoms with van der Waals surface area (Å²) in [7, 11) is 0. The number of thiocarbonyl (C=S) groups is 1. The molecule has 1 N–H and O–H groups in total. The van der Waals surface area contributed by atoms with Crippen LogP contribution in [0.25, 0.3) is 10.2 Å². The molecule has 98 valence electrons. The molecule has 4 nitrogen and oxygen atoms in total. The van der Waals surface area contributed by atoms with Crippen LogP contribution in [0.3, 0.4) is 0 Å². The van der Waals surface area contributed by atoms with Gasteiger partial charge in [0.1, 0.15) is 5.52 Å². The van der Waals surface area contributed by atoms with Crippen molar-refractivity contribution in [1.82, 2.24) is 14.5 Å². The molecule has 19 heavy (non-hydrogen) atoms. The quantitative estimate of drug-likeness (QED) is 0.677. The van der Waals surface area contributed by atoms with Gasteiger partial charge < -0.3 is 10.2 Å². The van der Waals surface area contributed by atoms with E-state index in [-0.39, 0.29) is 0 Å². The van der Waals surface area contributed by atoms with Gasteiger partial charge in [0, 0.05) is 18.8 Å². The SMILES string of the molecule is C=CCN(CC=C)C(=S)Nc1ccc2snnc2c1. The summed E-state index contributed by atoms with van der Waals surface area (Å²) in [6.45, 7) is 8.81. The second-order valence-electron chi connectivity index (χ2n) is 3.87. The standard InChI is InChI=1S/C13H14N4S2/c1-3-7-17(8-4-2)13(18)14-10-5-6-12-11(9-10)15-16-19-12/h3-6,9H,1-2,7-8H2,(H,14,18). The first-order valence-electron chi connectivity index (χ1n) is 5.74. The van der Waals surface area contributed by atoms with Crippen molar-refractivity contribution in [2.24, 2.45) is 0 Å². The van der Waals surface area contributed by atoms with Gasteiger partial charge in [-0.15, -0.1) is 18.3 Å². The van der Waals surface area contributed by atoms with E-state index in [4.69, 9.17) is 12.2 Å². The fourth-order valence-electron chi connectivity index (χ4n) is 1.61. The van der Waals surface area contributed by atoms with E-state index in [1.807, 2.05) is 35.3 Å². The maximum Gasteiger partial charge on any atom is 0.173 e. The molecule has 0 radical (unpaired) electrons. The summed E-state index contributed by atoms with van der Waals surface area (Å²) in [5, 5.41) is 7.88. The van der Waals surface area contributed by atoms with Gasteiger partial charge in [-0.1, -0.05) is 16.6 Å². The molecular weight excluding hydrogens is 276 g/mol. The number of benzene rings is 1. The molecule has 0 atom stereocenters. The summed E-state index contributed by atoms with van der Waals surface area (Å²) in [6.07, 6.45) is 3.62. The molecule has 2 rings (SSSR count). The minimum atomic E-state index is 0.641. The summed E-state index contributed by atoms with van der Waals surface area (Å²) in [5.74, 6) is 0. The molecular formula is C13H14N4S2. The summed E-state index contributed by atoms with van der Waals surface area (Å²) >= 11 is 6.76. The van der Waals surface area contributed by atoms with Crippen molar-refractivity contribution in [3.8, 4) is 0 Å². The summed E-state index contributed by atoms with van der Waals surface area (Å²) in [4.78, 5) is 1.97. The molecule has 0 bridgehead atoms. The zero-order valence-electron chi connectivity index (χ0n) is 10.4. The molecule has 0 aliphatic heterocycles. The average molecular weight is 290 g/mol. The Morgan fingerprint density at radius 2 is 2.11 bits per heavy atom. The van der Waals surface area contributed by atoms with Crippen LogP contribution in [0, 0.1) is 0 Å². The predicted octanol–water partition coefficient (Wildman–Crippen LogP) is 3.06. The van der Waals surface area contributed by atoms with Crippen molar-refractivity contribution in [2.75, 3.05) is 18.4 Å². The lowest BCUT2D eigenvalue weighted by atomic mass is 10.3. The first-order chi connectivity index (χ1) is 9.24. The van der Waals surface area contributed by atoms with E-state index in [9.17, 15) is 0 Å². The zero-order chi connectivity index (χ0) is 13.7. The van der Waals surface area contributed by atoms with Gasteiger partial charge in [0.2, 0.25) is 0 Å². The van der Waals surface area contributed by atoms with Crippen molar-refractivity contribution in [3.63, 3.8) is 0 Å². The molecule has 0 spiro atoms. The van der Waals surface area contributed by atoms with Crippen LogP contribution in [0.4, 0.5) is 5.69 Å². The molecule has 2 aromatic rings. The number of anilines is 1. The van der Waals surface area contributed by atoms with Crippen molar-refractivity contribution in [3.05, 3.63) is 43.5 Å². The van der Waals surface area contributed by atoms with Gasteiger partial charge in [-0.3, -0.25) is 0 Å². The number of aromatic nitrogens is 2. The van der Waals surface area contributed by atoms with E-state index in [0.29, 0.717) is 18.2 Å². The van der Waals surface area contributed by atoms with Crippen LogP contribution in [0.5, 0.6) is 0 Å². The van der Waals surface area contributed by atoms with E-state index in [0.717, 1.165) is 15.9 Å². The second-order valence-corrected chi connectivity index (χ2v) is 5.04. The third-order valence-electron chi connectivity index (χ3n) is 2.48. The molecule has 6 heteroatoms. The number of fused-ring (bicyclic) bond motifs is 1. The van der Waals surface area contributed by atoms with Crippen LogP contribution in [-0.2, 0) is 0 Å². The maximum absolute atomic E-state index is 5.38. The van der Waals surface area contributed by atoms with Gasteiger partial charge >= 0.3 is 0 Å². The first-order valence-corrected chi connectivity index (χ1v) is 6.92. The third-order valence-corrected chi connectivity index (χ3v) is 3.55. The number of hydrogen-bond acceptors (Lipinski definition) is 4. The molecule has 1 aromatic heterocycles. The molecule has 1 heterocycles. The zero-order valence-corrected chi connectivity index (χ0v) is 12.0. The molecule has 0 unspecified atom stereocenters. The highest BCUT2D eigenvalue weighted by Gasteiger charge is 2.07. The van der Waals surface area contributed by atoms with E-state index < -0.39 is 0 Å². The predicted molar refractivity (Wildman–Crippen MR) is 85.6 cm³/mol. The Morgan fingerprint density at radius 3 is 2.79 bits per heavy atom. The Hall–Kier alpha value is -1.79. The van der Waals surface area contributed by atoms with Gasteiger partial charge in [0.05, 0.1) is 4.70 Å². The number of rotatable bonds is 5. The molecule has 0 saturated heterocycles. The Balaban J connectivity index is 2.11. The lowest BCUT2D eigenvalue weighted by molar-refractivity contribution is 0.522. The van der Waals surface area contributed by atoms with Gasteiger partial charge in [-0.25, -0.2) is 0 Å². The topological polar surface area (TPSA) is 41.0 Å². The fraction of sp³-hybridized carbons (Fsp3) is 0.154. The van der Waals surface area contributed by atoms with Crippen molar-refractivity contribution >= 4 is 44.8 Å². The number of nitrogens with one attached hydrogen (secondary N) is 1. The molecule has 0 amide bonds. The minimum absolute atomic E-state index is 0.641. The Kier molecular flexibility index (Phi) is 4.59. The van der Waals surface area contributed by atoms with Crippen molar-refractivity contribution < 1.29 is 0 Å². The molecule has 1 aromatic carbocycles. The van der Waals surface area contributed by atoms with Gasteiger partial charge in [-0.2, -0.15) is 0 Å². The van der Waals surface area contributed by atoms with Gasteiger partial charge in [-0.05, 0) is 41.9 Å². The second kappa shape index (κ2) is 6.40. The lowest BCUT2D eigenvalue weighted by Gasteiger charge is -2.23. The largest absolute Gasteiger partial charge is 0.342 e. The van der Waals surface area contributed by atoms with Crippen LogP contribution in [0.2, 0.25) is 0 Å². The summed E-state index contributed by atoms with van der Waals surface area (Å²) in [5.41, 5.74) is 1.78. The van der Waals surface area contributed by atoms with Crippen LogP contribution in [-0.4, -0.2) is 32.7 Å².